The maximum absolute atomic E-state index is 13.6. The molecule has 6 nitrogen and oxygen atoms in total. The van der Waals surface area contributed by atoms with E-state index in [2.05, 4.69) is 5.32 Å². The molecule has 0 bridgehead atoms. The Hall–Kier alpha value is -2.88. The second-order valence-corrected chi connectivity index (χ2v) is 5.93. The van der Waals surface area contributed by atoms with Crippen LogP contribution in [-0.4, -0.2) is 24.0 Å². The highest BCUT2D eigenvalue weighted by Crippen LogP contribution is 2.31. The Morgan fingerprint density at radius 2 is 1.93 bits per heavy atom. The summed E-state index contributed by atoms with van der Waals surface area (Å²) in [5.41, 5.74) is -1.50. The molecule has 0 heterocycles. The number of amides is 1. The number of nitrogens with zero attached hydrogens (tertiary/aromatic N) is 1. The monoisotopic (exact) mass is 420 g/mol. The largest absolute Gasteiger partial charge is 0.490 e. The van der Waals surface area contributed by atoms with Crippen molar-refractivity contribution in [2.45, 2.75) is 12.6 Å². The number of halogens is 5. The van der Waals surface area contributed by atoms with Gasteiger partial charge in [0.1, 0.15) is 0 Å². The number of alkyl halides is 3. The minimum atomic E-state index is -4.66. The first-order valence-electron chi connectivity index (χ1n) is 7.81. The number of ether oxygens (including phenoxy) is 1. The molecule has 0 saturated carbocycles. The highest BCUT2D eigenvalue weighted by atomic mass is 35.5. The van der Waals surface area contributed by atoms with Crippen molar-refractivity contribution in [2.24, 2.45) is 0 Å². The van der Waals surface area contributed by atoms with Crippen molar-refractivity contribution in [3.8, 4) is 5.75 Å². The lowest BCUT2D eigenvalue weighted by Crippen LogP contribution is -2.26. The van der Waals surface area contributed by atoms with Crippen molar-refractivity contribution in [1.82, 2.24) is 5.32 Å². The van der Waals surface area contributed by atoms with Crippen LogP contribution < -0.4 is 10.1 Å². The van der Waals surface area contributed by atoms with E-state index in [9.17, 15) is 32.5 Å². The highest BCUT2D eigenvalue weighted by Gasteiger charge is 2.31. The number of rotatable bonds is 7. The molecule has 2 rings (SSSR count). The number of carbonyl (C=O) groups is 1. The normalized spacial score (nSPS) is 11.2. The van der Waals surface area contributed by atoms with Gasteiger partial charge in [0.2, 0.25) is 0 Å². The van der Waals surface area contributed by atoms with E-state index in [-0.39, 0.29) is 41.6 Å². The average Bonchev–Trinajstić information content (AvgIpc) is 2.61. The lowest BCUT2D eigenvalue weighted by molar-refractivity contribution is -0.384. The SMILES string of the molecule is O=C(NCCCOc1ccc(C(F)(F)F)cc1F)c1cc([N+](=O)[O-])ccc1Cl. The summed E-state index contributed by atoms with van der Waals surface area (Å²) < 4.78 is 56.1. The molecule has 0 aromatic heterocycles. The predicted octanol–water partition coefficient (Wildman–Crippen LogP) is 4.61. The summed E-state index contributed by atoms with van der Waals surface area (Å²) in [5, 5.41) is 13.2. The van der Waals surface area contributed by atoms with E-state index in [0.717, 1.165) is 18.2 Å². The second-order valence-electron chi connectivity index (χ2n) is 5.52. The van der Waals surface area contributed by atoms with E-state index in [1.54, 1.807) is 0 Å². The minimum Gasteiger partial charge on any atom is -0.490 e. The van der Waals surface area contributed by atoms with E-state index in [1.807, 2.05) is 0 Å². The number of hydrogen-bond donors (Lipinski definition) is 1. The van der Waals surface area contributed by atoms with Crippen molar-refractivity contribution in [3.63, 3.8) is 0 Å². The molecule has 0 saturated heterocycles. The van der Waals surface area contributed by atoms with Crippen LogP contribution in [0.1, 0.15) is 22.3 Å². The molecule has 2 aromatic rings. The summed E-state index contributed by atoms with van der Waals surface area (Å²) in [4.78, 5) is 22.1. The molecular formula is C17H13ClF4N2O4. The minimum absolute atomic E-state index is 0.0335. The molecular weight excluding hydrogens is 408 g/mol. The fourth-order valence-electron chi connectivity index (χ4n) is 2.15. The number of nitrogens with one attached hydrogen (secondary N) is 1. The quantitative estimate of drug-likeness (QED) is 0.307. The van der Waals surface area contributed by atoms with Crippen LogP contribution in [0.4, 0.5) is 23.2 Å². The van der Waals surface area contributed by atoms with E-state index in [0.29, 0.717) is 12.1 Å². The van der Waals surface area contributed by atoms with Crippen molar-refractivity contribution in [3.05, 3.63) is 68.5 Å². The van der Waals surface area contributed by atoms with Crippen LogP contribution >= 0.6 is 11.6 Å². The van der Waals surface area contributed by atoms with E-state index < -0.39 is 28.4 Å². The molecule has 11 heteroatoms. The van der Waals surface area contributed by atoms with Gasteiger partial charge in [0.15, 0.2) is 11.6 Å². The van der Waals surface area contributed by atoms with Gasteiger partial charge in [-0.1, -0.05) is 11.6 Å². The third-order valence-electron chi connectivity index (χ3n) is 3.53. The fourth-order valence-corrected chi connectivity index (χ4v) is 2.35. The molecule has 0 spiro atoms. The Bertz CT molecular complexity index is 890. The van der Waals surface area contributed by atoms with Crippen LogP contribution in [0.3, 0.4) is 0 Å². The fraction of sp³-hybridized carbons (Fsp3) is 0.235. The lowest BCUT2D eigenvalue weighted by atomic mass is 10.2. The van der Waals surface area contributed by atoms with Gasteiger partial charge in [0.05, 0.1) is 27.7 Å². The first-order valence-corrected chi connectivity index (χ1v) is 8.19. The summed E-state index contributed by atoms with van der Waals surface area (Å²) >= 11 is 5.85. The first kappa shape index (κ1) is 21.4. The molecule has 0 fully saturated rings. The molecule has 150 valence electrons. The Morgan fingerprint density at radius 3 is 2.54 bits per heavy atom. The van der Waals surface area contributed by atoms with Crippen molar-refractivity contribution in [2.75, 3.05) is 13.2 Å². The lowest BCUT2D eigenvalue weighted by Gasteiger charge is -2.11. The van der Waals surface area contributed by atoms with Gasteiger partial charge < -0.3 is 10.1 Å². The Morgan fingerprint density at radius 1 is 1.21 bits per heavy atom. The molecule has 0 aliphatic carbocycles. The summed E-state index contributed by atoms with van der Waals surface area (Å²) in [7, 11) is 0. The van der Waals surface area contributed by atoms with Crippen molar-refractivity contribution >= 4 is 23.2 Å². The molecule has 0 aliphatic rings. The van der Waals surface area contributed by atoms with Gasteiger partial charge in [0.25, 0.3) is 11.6 Å². The number of nitro benzene ring substituents is 1. The number of carbonyl (C=O) groups excluding carboxylic acids is 1. The molecule has 0 unspecified atom stereocenters. The van der Waals surface area contributed by atoms with Crippen LogP contribution in [-0.2, 0) is 6.18 Å². The molecule has 1 amide bonds. The van der Waals surface area contributed by atoms with E-state index in [4.69, 9.17) is 16.3 Å². The van der Waals surface area contributed by atoms with E-state index >= 15 is 0 Å². The summed E-state index contributed by atoms with van der Waals surface area (Å²) in [6.07, 6.45) is -4.45. The summed E-state index contributed by atoms with van der Waals surface area (Å²) in [5.74, 6) is -2.14. The van der Waals surface area contributed by atoms with Crippen LogP contribution in [0.2, 0.25) is 5.02 Å². The standard InChI is InChI=1S/C17H13ClF4N2O4/c18-13-4-3-11(24(26)27)9-12(13)16(25)23-6-1-7-28-15-5-2-10(8-14(15)19)17(20,21)22/h2-5,8-9H,1,6-7H2,(H,23,25). The molecule has 0 aliphatic heterocycles. The highest BCUT2D eigenvalue weighted by molar-refractivity contribution is 6.33. The molecule has 0 radical (unpaired) electrons. The number of nitro groups is 1. The van der Waals surface area contributed by atoms with E-state index in [1.165, 1.54) is 6.07 Å². The molecule has 2 aromatic carbocycles. The zero-order chi connectivity index (χ0) is 20.9. The Balaban J connectivity index is 1.84. The third-order valence-corrected chi connectivity index (χ3v) is 3.86. The third kappa shape index (κ3) is 5.56. The zero-order valence-corrected chi connectivity index (χ0v) is 14.8. The smallest absolute Gasteiger partial charge is 0.416 e. The predicted molar refractivity (Wildman–Crippen MR) is 92.0 cm³/mol. The topological polar surface area (TPSA) is 81.5 Å². The van der Waals surface area contributed by atoms with Crippen LogP contribution in [0.25, 0.3) is 0 Å². The molecule has 0 atom stereocenters. The van der Waals surface area contributed by atoms with Crippen LogP contribution in [0.15, 0.2) is 36.4 Å². The van der Waals surface area contributed by atoms with Gasteiger partial charge >= 0.3 is 6.18 Å². The van der Waals surface area contributed by atoms with Crippen molar-refractivity contribution in [1.29, 1.82) is 0 Å². The van der Waals surface area contributed by atoms with Gasteiger partial charge in [0, 0.05) is 18.7 Å². The summed E-state index contributed by atoms with van der Waals surface area (Å²) in [6.45, 7) is -0.00859. The van der Waals surface area contributed by atoms with Gasteiger partial charge in [-0.25, -0.2) is 4.39 Å². The van der Waals surface area contributed by atoms with Crippen molar-refractivity contribution < 1.29 is 32.0 Å². The maximum atomic E-state index is 13.6. The molecule has 1 N–H and O–H groups in total. The average molecular weight is 421 g/mol. The van der Waals surface area contributed by atoms with Gasteiger partial charge in [-0.05, 0) is 30.7 Å². The Kier molecular flexibility index (Phi) is 6.79. The Labute approximate surface area is 161 Å². The maximum Gasteiger partial charge on any atom is 0.416 e. The second kappa shape index (κ2) is 8.87. The van der Waals surface area contributed by atoms with Crippen LogP contribution in [0, 0.1) is 15.9 Å². The summed E-state index contributed by atoms with van der Waals surface area (Å²) in [6, 6.07) is 5.33. The number of hydrogen-bond acceptors (Lipinski definition) is 4. The zero-order valence-electron chi connectivity index (χ0n) is 14.1. The molecule has 28 heavy (non-hydrogen) atoms. The van der Waals surface area contributed by atoms with Gasteiger partial charge in [-0.2, -0.15) is 13.2 Å². The number of non-ortho nitro benzene ring substituents is 1. The first-order chi connectivity index (χ1) is 13.1. The van der Waals surface area contributed by atoms with Gasteiger partial charge in [-0.3, -0.25) is 14.9 Å². The van der Waals surface area contributed by atoms with Crippen LogP contribution in [0.5, 0.6) is 5.75 Å². The number of benzene rings is 2. The van der Waals surface area contributed by atoms with Gasteiger partial charge in [-0.15, -0.1) is 0 Å².